The van der Waals surface area contributed by atoms with E-state index in [0.29, 0.717) is 0 Å². The lowest BCUT2D eigenvalue weighted by atomic mass is 10.4. The van der Waals surface area contributed by atoms with Gasteiger partial charge in [0.25, 0.3) is 0 Å². The smallest absolute Gasteiger partial charge is 0.0327 e. The second-order valence-corrected chi connectivity index (χ2v) is 6.70. The summed E-state index contributed by atoms with van der Waals surface area (Å²) in [6, 6.07) is 4.17. The number of nitrogens with one attached hydrogen (secondary N) is 1. The molecule has 0 aliphatic heterocycles. The van der Waals surface area contributed by atoms with Gasteiger partial charge in [0.05, 0.1) is 0 Å². The van der Waals surface area contributed by atoms with Gasteiger partial charge in [0.2, 0.25) is 0 Å². The summed E-state index contributed by atoms with van der Waals surface area (Å²) in [5.41, 5.74) is 0. The van der Waals surface area contributed by atoms with Gasteiger partial charge in [0.1, 0.15) is 0 Å². The van der Waals surface area contributed by atoms with Crippen molar-refractivity contribution in [3.8, 4) is 0 Å². The molecule has 2 heterocycles. The van der Waals surface area contributed by atoms with Crippen molar-refractivity contribution < 1.29 is 0 Å². The largest absolute Gasteiger partial charge is 0.307 e. The Morgan fingerprint density at radius 1 is 0.933 bits per heavy atom. The van der Waals surface area contributed by atoms with Crippen LogP contribution in [0.1, 0.15) is 9.75 Å². The zero-order valence-corrected chi connectivity index (χ0v) is 12.6. The summed E-state index contributed by atoms with van der Waals surface area (Å²) in [5.74, 6) is 0. The highest BCUT2D eigenvalue weighted by molar-refractivity contribution is 9.10. The van der Waals surface area contributed by atoms with Crippen molar-refractivity contribution in [2.24, 2.45) is 0 Å². The van der Waals surface area contributed by atoms with Gasteiger partial charge < -0.3 is 5.32 Å². The molecular weight excluding hydrogens is 358 g/mol. The van der Waals surface area contributed by atoms with Crippen molar-refractivity contribution in [2.75, 3.05) is 0 Å². The molecule has 2 aromatic rings. The van der Waals surface area contributed by atoms with Crippen LogP contribution >= 0.6 is 54.5 Å². The zero-order chi connectivity index (χ0) is 10.7. The van der Waals surface area contributed by atoms with Crippen LogP contribution in [-0.2, 0) is 13.1 Å². The van der Waals surface area contributed by atoms with Crippen molar-refractivity contribution in [2.45, 2.75) is 13.1 Å². The minimum Gasteiger partial charge on any atom is -0.307 e. The van der Waals surface area contributed by atoms with Gasteiger partial charge in [-0.25, -0.2) is 0 Å². The van der Waals surface area contributed by atoms with Gasteiger partial charge in [-0.05, 0) is 54.8 Å². The third-order valence-corrected chi connectivity index (χ3v) is 5.81. The fourth-order valence-electron chi connectivity index (χ4n) is 1.19. The summed E-state index contributed by atoms with van der Waals surface area (Å²) in [6.07, 6.45) is 0. The van der Waals surface area contributed by atoms with Crippen LogP contribution in [-0.4, -0.2) is 0 Å². The van der Waals surface area contributed by atoms with E-state index in [2.05, 4.69) is 60.1 Å². The molecule has 0 aliphatic carbocycles. The Hall–Kier alpha value is 0.320. The summed E-state index contributed by atoms with van der Waals surface area (Å²) in [4.78, 5) is 2.70. The summed E-state index contributed by atoms with van der Waals surface area (Å²) in [5, 5.41) is 7.63. The summed E-state index contributed by atoms with van der Waals surface area (Å²) in [6.45, 7) is 1.84. The Morgan fingerprint density at radius 2 is 1.40 bits per heavy atom. The highest BCUT2D eigenvalue weighted by Crippen LogP contribution is 2.24. The Balaban J connectivity index is 1.86. The fraction of sp³-hybridized carbons (Fsp3) is 0.200. The third kappa shape index (κ3) is 3.14. The molecule has 1 N–H and O–H groups in total. The average Bonchev–Trinajstić information content (AvgIpc) is 2.78. The highest BCUT2D eigenvalue weighted by atomic mass is 79.9. The number of thiophene rings is 2. The molecule has 1 nitrogen and oxygen atoms in total. The second kappa shape index (κ2) is 5.59. The van der Waals surface area contributed by atoms with Crippen LogP contribution in [0.3, 0.4) is 0 Å². The molecular formula is C10H9Br2NS2. The van der Waals surface area contributed by atoms with Crippen LogP contribution in [0.4, 0.5) is 0 Å². The van der Waals surface area contributed by atoms with Crippen LogP contribution < -0.4 is 5.32 Å². The van der Waals surface area contributed by atoms with Gasteiger partial charge in [0.15, 0.2) is 0 Å². The van der Waals surface area contributed by atoms with E-state index >= 15 is 0 Å². The van der Waals surface area contributed by atoms with Gasteiger partial charge in [0, 0.05) is 31.8 Å². The molecule has 0 spiro atoms. The normalized spacial score (nSPS) is 10.8. The minimum atomic E-state index is 0.919. The second-order valence-electron chi connectivity index (χ2n) is 2.99. The molecule has 0 saturated carbocycles. The summed E-state index contributed by atoms with van der Waals surface area (Å²) >= 11 is 10.6. The number of hydrogen-bond donors (Lipinski definition) is 1. The first-order chi connectivity index (χ1) is 7.27. The fourth-order valence-corrected chi connectivity index (χ4v) is 4.12. The molecule has 0 radical (unpaired) electrons. The van der Waals surface area contributed by atoms with E-state index in [9.17, 15) is 0 Å². The Kier molecular flexibility index (Phi) is 4.40. The quantitative estimate of drug-likeness (QED) is 0.832. The van der Waals surface area contributed by atoms with Crippen molar-refractivity contribution in [1.82, 2.24) is 5.32 Å². The molecule has 2 rings (SSSR count). The van der Waals surface area contributed by atoms with Crippen LogP contribution in [0.15, 0.2) is 31.8 Å². The van der Waals surface area contributed by atoms with E-state index < -0.39 is 0 Å². The molecule has 0 unspecified atom stereocenters. The molecule has 2 aromatic heterocycles. The van der Waals surface area contributed by atoms with E-state index in [1.807, 2.05) is 0 Å². The Morgan fingerprint density at radius 3 is 1.73 bits per heavy atom. The molecule has 5 heteroatoms. The van der Waals surface area contributed by atoms with Crippen LogP contribution in [0.2, 0.25) is 0 Å². The predicted octanol–water partition coefficient (Wildman–Crippen LogP) is 4.62. The molecule has 0 aromatic carbocycles. The van der Waals surface area contributed by atoms with E-state index in [1.165, 1.54) is 18.7 Å². The van der Waals surface area contributed by atoms with Crippen molar-refractivity contribution >= 4 is 54.5 Å². The van der Waals surface area contributed by atoms with Crippen LogP contribution in [0, 0.1) is 0 Å². The maximum absolute atomic E-state index is 3.52. The van der Waals surface area contributed by atoms with Crippen molar-refractivity contribution in [3.05, 3.63) is 41.6 Å². The Bertz CT molecular complexity index is 396. The molecule has 15 heavy (non-hydrogen) atoms. The first kappa shape index (κ1) is 11.8. The van der Waals surface area contributed by atoms with Gasteiger partial charge in [-0.15, -0.1) is 22.7 Å². The number of hydrogen-bond acceptors (Lipinski definition) is 3. The van der Waals surface area contributed by atoms with Gasteiger partial charge in [-0.2, -0.15) is 0 Å². The van der Waals surface area contributed by atoms with Gasteiger partial charge in [-0.1, -0.05) is 0 Å². The SMILES string of the molecule is Brc1ccsc1CNCc1sccc1Br. The lowest BCUT2D eigenvalue weighted by Gasteiger charge is -2.02. The third-order valence-electron chi connectivity index (χ3n) is 1.95. The first-order valence-corrected chi connectivity index (χ1v) is 7.76. The van der Waals surface area contributed by atoms with E-state index in [4.69, 9.17) is 0 Å². The van der Waals surface area contributed by atoms with E-state index in [0.717, 1.165) is 13.1 Å². The van der Waals surface area contributed by atoms with Crippen LogP contribution in [0.5, 0.6) is 0 Å². The van der Waals surface area contributed by atoms with Gasteiger partial charge in [-0.3, -0.25) is 0 Å². The molecule has 0 amide bonds. The van der Waals surface area contributed by atoms with Crippen molar-refractivity contribution in [1.29, 1.82) is 0 Å². The lowest BCUT2D eigenvalue weighted by Crippen LogP contribution is -2.11. The monoisotopic (exact) mass is 365 g/mol. The van der Waals surface area contributed by atoms with Crippen molar-refractivity contribution in [3.63, 3.8) is 0 Å². The standard InChI is InChI=1S/C10H9Br2NS2/c11-7-1-3-14-9(7)5-13-6-10-8(12)2-4-15-10/h1-4,13H,5-6H2. The Labute approximate surface area is 114 Å². The predicted molar refractivity (Wildman–Crippen MR) is 74.6 cm³/mol. The topological polar surface area (TPSA) is 12.0 Å². The van der Waals surface area contributed by atoms with Crippen LogP contribution in [0.25, 0.3) is 0 Å². The summed E-state index contributed by atoms with van der Waals surface area (Å²) in [7, 11) is 0. The molecule has 0 atom stereocenters. The lowest BCUT2D eigenvalue weighted by molar-refractivity contribution is 0.706. The maximum Gasteiger partial charge on any atom is 0.0327 e. The molecule has 80 valence electrons. The first-order valence-electron chi connectivity index (χ1n) is 4.42. The van der Waals surface area contributed by atoms with E-state index in [-0.39, 0.29) is 0 Å². The van der Waals surface area contributed by atoms with Gasteiger partial charge >= 0.3 is 0 Å². The minimum absolute atomic E-state index is 0.919. The highest BCUT2D eigenvalue weighted by Gasteiger charge is 2.03. The number of rotatable bonds is 4. The van der Waals surface area contributed by atoms with E-state index in [1.54, 1.807) is 22.7 Å². The zero-order valence-electron chi connectivity index (χ0n) is 7.80. The maximum atomic E-state index is 3.52. The molecule has 0 saturated heterocycles. The summed E-state index contributed by atoms with van der Waals surface area (Å²) < 4.78 is 2.40. The molecule has 0 aliphatic rings. The molecule has 0 fully saturated rings. The average molecular weight is 367 g/mol. The molecule has 0 bridgehead atoms. The number of halogens is 2.